The van der Waals surface area contributed by atoms with Crippen LogP contribution in [0.5, 0.6) is 0 Å². The van der Waals surface area contributed by atoms with Crippen molar-refractivity contribution in [1.29, 1.82) is 0 Å². The van der Waals surface area contributed by atoms with Crippen LogP contribution in [0.3, 0.4) is 0 Å². The van der Waals surface area contributed by atoms with E-state index in [1.54, 1.807) is 0 Å². The summed E-state index contributed by atoms with van der Waals surface area (Å²) in [4.78, 5) is 0. The zero-order chi connectivity index (χ0) is 9.26. The average Bonchev–Trinajstić information content (AvgIpc) is 2.83. The molecule has 0 N–H and O–H groups in total. The van der Waals surface area contributed by atoms with Gasteiger partial charge in [-0.15, -0.1) is 0 Å². The Morgan fingerprint density at radius 2 is 1.23 bits per heavy atom. The first kappa shape index (κ1) is 9.51. The Kier molecular flexibility index (Phi) is 2.92. The minimum absolute atomic E-state index is 0.653. The van der Waals surface area contributed by atoms with E-state index in [9.17, 15) is 0 Å². The summed E-state index contributed by atoms with van der Waals surface area (Å²) in [5.74, 6) is 1.85. The lowest BCUT2D eigenvalue weighted by Gasteiger charge is -2.20. The van der Waals surface area contributed by atoms with Gasteiger partial charge in [0.2, 0.25) is 0 Å². The Balaban J connectivity index is 1.82. The molecule has 76 valence electrons. The van der Waals surface area contributed by atoms with Crippen LogP contribution in [0.25, 0.3) is 0 Å². The highest BCUT2D eigenvalue weighted by Crippen LogP contribution is 2.35. The molecule has 0 bridgehead atoms. The lowest BCUT2D eigenvalue weighted by atomic mass is 9.85. The first-order valence-corrected chi connectivity index (χ1v) is 5.93. The van der Waals surface area contributed by atoms with Gasteiger partial charge in [-0.05, 0) is 24.7 Å². The molecule has 2 fully saturated rings. The van der Waals surface area contributed by atoms with Crippen LogP contribution in [0.15, 0.2) is 0 Å². The largest absolute Gasteiger partial charge is 0.370 e. The SMILES string of the molecule is CC1CCCC2OC2CCCC1C. The van der Waals surface area contributed by atoms with E-state index in [4.69, 9.17) is 4.74 Å². The van der Waals surface area contributed by atoms with Crippen molar-refractivity contribution in [3.8, 4) is 0 Å². The number of ether oxygens (including phenoxy) is 1. The van der Waals surface area contributed by atoms with Crippen LogP contribution in [0.2, 0.25) is 0 Å². The first-order chi connectivity index (χ1) is 6.27. The molecule has 0 amide bonds. The highest BCUT2D eigenvalue weighted by atomic mass is 16.6. The molecule has 0 aromatic rings. The lowest BCUT2D eigenvalue weighted by molar-refractivity contribution is 0.319. The van der Waals surface area contributed by atoms with Crippen molar-refractivity contribution in [2.75, 3.05) is 0 Å². The fourth-order valence-electron chi connectivity index (χ4n) is 2.54. The number of fused-ring (bicyclic) bond motifs is 1. The zero-order valence-corrected chi connectivity index (χ0v) is 8.96. The molecule has 0 aromatic carbocycles. The highest BCUT2D eigenvalue weighted by Gasteiger charge is 2.37. The molecule has 13 heavy (non-hydrogen) atoms. The van der Waals surface area contributed by atoms with E-state index in [2.05, 4.69) is 13.8 Å². The maximum absolute atomic E-state index is 5.62. The smallest absolute Gasteiger partial charge is 0.0841 e. The van der Waals surface area contributed by atoms with E-state index in [-0.39, 0.29) is 0 Å². The van der Waals surface area contributed by atoms with E-state index >= 15 is 0 Å². The maximum Gasteiger partial charge on any atom is 0.0841 e. The second-order valence-electron chi connectivity index (χ2n) is 5.03. The Morgan fingerprint density at radius 3 is 1.69 bits per heavy atom. The summed E-state index contributed by atoms with van der Waals surface area (Å²) >= 11 is 0. The number of hydrogen-bond donors (Lipinski definition) is 0. The third-order valence-electron chi connectivity index (χ3n) is 3.96. The van der Waals surface area contributed by atoms with Gasteiger partial charge in [0, 0.05) is 0 Å². The molecule has 2 rings (SSSR count). The van der Waals surface area contributed by atoms with Gasteiger partial charge >= 0.3 is 0 Å². The fraction of sp³-hybridized carbons (Fsp3) is 1.00. The van der Waals surface area contributed by atoms with Gasteiger partial charge in [0.1, 0.15) is 0 Å². The third kappa shape index (κ3) is 2.46. The predicted octanol–water partition coefficient (Wildman–Crippen LogP) is 3.38. The summed E-state index contributed by atoms with van der Waals surface area (Å²) in [5, 5.41) is 0. The molecule has 0 spiro atoms. The van der Waals surface area contributed by atoms with Crippen LogP contribution in [-0.4, -0.2) is 12.2 Å². The van der Waals surface area contributed by atoms with Gasteiger partial charge < -0.3 is 4.74 Å². The fourth-order valence-corrected chi connectivity index (χ4v) is 2.54. The molecular formula is C12H22O. The van der Waals surface area contributed by atoms with Crippen molar-refractivity contribution in [2.45, 2.75) is 64.6 Å². The van der Waals surface area contributed by atoms with Gasteiger partial charge in [0.25, 0.3) is 0 Å². The van der Waals surface area contributed by atoms with Crippen LogP contribution in [0.1, 0.15) is 52.4 Å². The van der Waals surface area contributed by atoms with Crippen LogP contribution >= 0.6 is 0 Å². The van der Waals surface area contributed by atoms with Crippen LogP contribution in [-0.2, 0) is 4.74 Å². The van der Waals surface area contributed by atoms with Crippen molar-refractivity contribution in [3.63, 3.8) is 0 Å². The molecule has 4 atom stereocenters. The zero-order valence-electron chi connectivity index (χ0n) is 8.96. The van der Waals surface area contributed by atoms with E-state index < -0.39 is 0 Å². The van der Waals surface area contributed by atoms with Crippen molar-refractivity contribution in [3.05, 3.63) is 0 Å². The van der Waals surface area contributed by atoms with E-state index in [0.29, 0.717) is 12.2 Å². The topological polar surface area (TPSA) is 12.5 Å². The van der Waals surface area contributed by atoms with Gasteiger partial charge in [-0.3, -0.25) is 0 Å². The molecule has 1 saturated carbocycles. The molecule has 1 saturated heterocycles. The minimum Gasteiger partial charge on any atom is -0.370 e. The second-order valence-corrected chi connectivity index (χ2v) is 5.03. The molecule has 1 nitrogen and oxygen atoms in total. The Labute approximate surface area is 81.9 Å². The first-order valence-electron chi connectivity index (χ1n) is 5.93. The van der Waals surface area contributed by atoms with Gasteiger partial charge in [-0.1, -0.05) is 39.5 Å². The molecule has 2 aliphatic rings. The highest BCUT2D eigenvalue weighted by molar-refractivity contribution is 4.85. The number of hydrogen-bond acceptors (Lipinski definition) is 1. The molecular weight excluding hydrogens is 160 g/mol. The van der Waals surface area contributed by atoms with Gasteiger partial charge in [-0.2, -0.15) is 0 Å². The summed E-state index contributed by atoms with van der Waals surface area (Å²) in [6.07, 6.45) is 9.53. The monoisotopic (exact) mass is 182 g/mol. The number of epoxide rings is 1. The summed E-state index contributed by atoms with van der Waals surface area (Å²) in [6, 6.07) is 0. The lowest BCUT2D eigenvalue weighted by Crippen LogP contribution is -2.10. The van der Waals surface area contributed by atoms with E-state index in [1.165, 1.54) is 38.5 Å². The van der Waals surface area contributed by atoms with Crippen molar-refractivity contribution >= 4 is 0 Å². The summed E-state index contributed by atoms with van der Waals surface area (Å²) in [5.41, 5.74) is 0. The van der Waals surface area contributed by atoms with E-state index in [0.717, 1.165) is 11.8 Å². The Bertz CT molecular complexity index is 149. The van der Waals surface area contributed by atoms with Crippen molar-refractivity contribution in [2.24, 2.45) is 11.8 Å². The maximum atomic E-state index is 5.62. The minimum atomic E-state index is 0.653. The molecule has 1 heteroatoms. The predicted molar refractivity (Wildman–Crippen MR) is 54.7 cm³/mol. The standard InChI is InChI=1S/C12H22O/c1-9-5-3-7-11-12(13-11)8-4-6-10(9)2/h9-12H,3-8H2,1-2H3. The molecule has 4 unspecified atom stereocenters. The second kappa shape index (κ2) is 4.00. The van der Waals surface area contributed by atoms with Crippen LogP contribution < -0.4 is 0 Å². The third-order valence-corrected chi connectivity index (χ3v) is 3.96. The molecule has 1 heterocycles. The van der Waals surface area contributed by atoms with Crippen LogP contribution in [0.4, 0.5) is 0 Å². The van der Waals surface area contributed by atoms with Gasteiger partial charge in [-0.25, -0.2) is 0 Å². The van der Waals surface area contributed by atoms with Gasteiger partial charge in [0.05, 0.1) is 12.2 Å². The van der Waals surface area contributed by atoms with Crippen LogP contribution in [0, 0.1) is 11.8 Å². The Morgan fingerprint density at radius 1 is 0.769 bits per heavy atom. The number of rotatable bonds is 0. The normalized spacial score (nSPS) is 46.6. The van der Waals surface area contributed by atoms with Gasteiger partial charge in [0.15, 0.2) is 0 Å². The Hall–Kier alpha value is -0.0400. The average molecular weight is 182 g/mol. The molecule has 0 aromatic heterocycles. The van der Waals surface area contributed by atoms with Crippen molar-refractivity contribution in [1.82, 2.24) is 0 Å². The summed E-state index contributed by atoms with van der Waals surface area (Å²) < 4.78 is 5.62. The van der Waals surface area contributed by atoms with E-state index in [1.807, 2.05) is 0 Å². The molecule has 1 aliphatic carbocycles. The molecule has 0 radical (unpaired) electrons. The quantitative estimate of drug-likeness (QED) is 0.523. The molecule has 1 aliphatic heterocycles. The van der Waals surface area contributed by atoms with Crippen molar-refractivity contribution < 1.29 is 4.74 Å². The summed E-state index contributed by atoms with van der Waals surface area (Å²) in [6.45, 7) is 4.83. The summed E-state index contributed by atoms with van der Waals surface area (Å²) in [7, 11) is 0.